The van der Waals surface area contributed by atoms with Crippen molar-refractivity contribution in [3.8, 4) is 124 Å². The molecule has 0 saturated carbocycles. The normalized spacial score (nSPS) is 11.1. The molecule has 8 nitrogen and oxygen atoms in total. The van der Waals surface area contributed by atoms with Crippen LogP contribution in [0.1, 0.15) is 0 Å². The van der Waals surface area contributed by atoms with Crippen molar-refractivity contribution in [2.45, 2.75) is 0 Å². The molecular weight excluding hydrogens is 705 g/mol. The summed E-state index contributed by atoms with van der Waals surface area (Å²) in [7, 11) is 0. The number of hydrogen-bond acceptors (Lipinski definition) is 8. The Morgan fingerprint density at radius 1 is 0.161 bits per heavy atom. The molecule has 8 aromatic carbocycles. The minimum Gasteiger partial charge on any atom is -0.507 e. The van der Waals surface area contributed by atoms with Crippen molar-refractivity contribution in [3.63, 3.8) is 0 Å². The second kappa shape index (κ2) is 14.2. The largest absolute Gasteiger partial charge is 0.507 e. The zero-order chi connectivity index (χ0) is 39.1. The molecule has 0 heterocycles. The number of phenols is 8. The minimum absolute atomic E-state index is 0.0113. The fourth-order valence-corrected chi connectivity index (χ4v) is 7.59. The second-order valence-electron chi connectivity index (χ2n) is 13.2. The molecule has 0 spiro atoms. The summed E-state index contributed by atoms with van der Waals surface area (Å²) in [6, 6.07) is 42.1. The summed E-state index contributed by atoms with van der Waals surface area (Å²) in [6.45, 7) is 0. The standard InChI is InChI=1S/C48H34O8/c49-35-19-3-1-11-27(35)28-13-5-21-37(51)43(28)30-14-6-23-39(53)45(30)32-16-8-25-41(55)47(32)34-18-10-26-42(56)48(34)33-17-9-24-40(54)46(33)31-15-7-22-38(52)44(31)29-12-2-4-20-36(29)50/h1-26,49-56H. The predicted octanol–water partition coefficient (Wildman–Crippen LogP) is 11.0. The van der Waals surface area contributed by atoms with E-state index in [9.17, 15) is 40.9 Å². The molecule has 8 heteroatoms. The van der Waals surface area contributed by atoms with E-state index in [2.05, 4.69) is 0 Å². The highest BCUT2D eigenvalue weighted by Gasteiger charge is 2.28. The van der Waals surface area contributed by atoms with Gasteiger partial charge in [-0.25, -0.2) is 0 Å². The molecule has 0 aliphatic heterocycles. The van der Waals surface area contributed by atoms with Crippen LogP contribution < -0.4 is 0 Å². The third-order valence-electron chi connectivity index (χ3n) is 9.97. The van der Waals surface area contributed by atoms with E-state index in [1.807, 2.05) is 0 Å². The number of hydrogen-bond donors (Lipinski definition) is 8. The van der Waals surface area contributed by atoms with Gasteiger partial charge in [0.1, 0.15) is 46.0 Å². The summed E-state index contributed by atoms with van der Waals surface area (Å²) in [5.41, 5.74) is 4.45. The third-order valence-corrected chi connectivity index (χ3v) is 9.97. The van der Waals surface area contributed by atoms with E-state index >= 15 is 0 Å². The number of phenolic OH excluding ortho intramolecular Hbond substituents is 8. The first kappa shape index (κ1) is 35.2. The first-order valence-electron chi connectivity index (χ1n) is 17.7. The lowest BCUT2D eigenvalue weighted by atomic mass is 9.82. The lowest BCUT2D eigenvalue weighted by Gasteiger charge is -2.23. The van der Waals surface area contributed by atoms with E-state index in [0.29, 0.717) is 50.1 Å². The molecule has 0 fully saturated rings. The molecule has 0 bridgehead atoms. The summed E-state index contributed by atoms with van der Waals surface area (Å²) < 4.78 is 0. The average Bonchev–Trinajstić information content (AvgIpc) is 3.18. The number of rotatable bonds is 7. The van der Waals surface area contributed by atoms with Crippen LogP contribution >= 0.6 is 0 Å². The smallest absolute Gasteiger partial charge is 0.124 e. The van der Waals surface area contributed by atoms with Gasteiger partial charge in [0.15, 0.2) is 0 Å². The summed E-state index contributed by atoms with van der Waals surface area (Å²) in [4.78, 5) is 0. The Labute approximate surface area is 321 Å². The molecule has 0 aliphatic rings. The van der Waals surface area contributed by atoms with Crippen LogP contribution in [0.15, 0.2) is 158 Å². The van der Waals surface area contributed by atoms with Crippen LogP contribution in [-0.4, -0.2) is 40.9 Å². The van der Waals surface area contributed by atoms with Gasteiger partial charge in [0, 0.05) is 44.5 Å². The highest BCUT2D eigenvalue weighted by molar-refractivity contribution is 6.06. The molecule has 0 atom stereocenters. The Bertz CT molecular complexity index is 2810. The SMILES string of the molecule is Oc1ccccc1-c1cccc(O)c1-c1cccc(O)c1-c1cccc(O)c1-c1cccc(O)c1-c1cccc(O)c1-c1cccc(O)c1-c1ccccc1O. The molecule has 0 radical (unpaired) electrons. The summed E-state index contributed by atoms with van der Waals surface area (Å²) in [6.07, 6.45) is 0. The third kappa shape index (κ3) is 5.91. The summed E-state index contributed by atoms with van der Waals surface area (Å²) in [5.74, 6) is -1.14. The zero-order valence-corrected chi connectivity index (χ0v) is 29.6. The van der Waals surface area contributed by atoms with Crippen LogP contribution in [0.25, 0.3) is 77.9 Å². The average molecular weight is 739 g/mol. The van der Waals surface area contributed by atoms with Gasteiger partial charge in [-0.05, 0) is 81.9 Å². The van der Waals surface area contributed by atoms with E-state index in [-0.39, 0.29) is 73.8 Å². The Balaban J connectivity index is 1.41. The van der Waals surface area contributed by atoms with Crippen molar-refractivity contribution < 1.29 is 40.9 Å². The maximum Gasteiger partial charge on any atom is 0.124 e. The summed E-state index contributed by atoms with van der Waals surface area (Å²) >= 11 is 0. The molecule has 56 heavy (non-hydrogen) atoms. The van der Waals surface area contributed by atoms with Gasteiger partial charge in [-0.15, -0.1) is 0 Å². The Kier molecular flexibility index (Phi) is 8.92. The van der Waals surface area contributed by atoms with E-state index < -0.39 is 0 Å². The lowest BCUT2D eigenvalue weighted by molar-refractivity contribution is 0.468. The van der Waals surface area contributed by atoms with Gasteiger partial charge in [0.2, 0.25) is 0 Å². The van der Waals surface area contributed by atoms with E-state index in [1.165, 1.54) is 42.5 Å². The molecular formula is C48H34O8. The van der Waals surface area contributed by atoms with Gasteiger partial charge in [-0.1, -0.05) is 109 Å². The Morgan fingerprint density at radius 3 is 0.661 bits per heavy atom. The second-order valence-corrected chi connectivity index (χ2v) is 13.2. The maximum atomic E-state index is 11.8. The molecule has 0 aromatic heterocycles. The number of aromatic hydroxyl groups is 8. The van der Waals surface area contributed by atoms with Crippen molar-refractivity contribution in [2.75, 3.05) is 0 Å². The van der Waals surface area contributed by atoms with Crippen molar-refractivity contribution in [3.05, 3.63) is 158 Å². The molecule has 274 valence electrons. The monoisotopic (exact) mass is 738 g/mol. The predicted molar refractivity (Wildman–Crippen MR) is 218 cm³/mol. The van der Waals surface area contributed by atoms with Gasteiger partial charge in [-0.2, -0.15) is 0 Å². The first-order chi connectivity index (χ1) is 27.2. The van der Waals surface area contributed by atoms with Crippen LogP contribution in [0.2, 0.25) is 0 Å². The zero-order valence-electron chi connectivity index (χ0n) is 29.6. The molecule has 8 rings (SSSR count). The molecule has 0 aliphatic carbocycles. The first-order valence-corrected chi connectivity index (χ1v) is 17.7. The molecule has 8 N–H and O–H groups in total. The van der Waals surface area contributed by atoms with Crippen LogP contribution in [-0.2, 0) is 0 Å². The number of para-hydroxylation sites is 2. The van der Waals surface area contributed by atoms with E-state index in [4.69, 9.17) is 0 Å². The minimum atomic E-state index is -0.201. The van der Waals surface area contributed by atoms with Crippen LogP contribution in [0.5, 0.6) is 46.0 Å². The van der Waals surface area contributed by atoms with E-state index in [1.54, 1.807) is 115 Å². The van der Waals surface area contributed by atoms with Crippen LogP contribution in [0.4, 0.5) is 0 Å². The molecule has 8 aromatic rings. The molecule has 0 unspecified atom stereocenters. The fraction of sp³-hybridized carbons (Fsp3) is 0. The van der Waals surface area contributed by atoms with Crippen molar-refractivity contribution in [1.82, 2.24) is 0 Å². The Hall–Kier alpha value is -7.84. The van der Waals surface area contributed by atoms with Gasteiger partial charge in [0.05, 0.1) is 0 Å². The maximum absolute atomic E-state index is 11.8. The lowest BCUT2D eigenvalue weighted by Crippen LogP contribution is -1.96. The van der Waals surface area contributed by atoms with Crippen molar-refractivity contribution in [2.24, 2.45) is 0 Å². The highest BCUT2D eigenvalue weighted by atomic mass is 16.3. The molecule has 0 saturated heterocycles. The fourth-order valence-electron chi connectivity index (χ4n) is 7.59. The van der Waals surface area contributed by atoms with Crippen LogP contribution in [0, 0.1) is 0 Å². The van der Waals surface area contributed by atoms with Crippen LogP contribution in [0.3, 0.4) is 0 Å². The number of benzene rings is 8. The van der Waals surface area contributed by atoms with Gasteiger partial charge >= 0.3 is 0 Å². The van der Waals surface area contributed by atoms with Gasteiger partial charge < -0.3 is 40.9 Å². The topological polar surface area (TPSA) is 162 Å². The summed E-state index contributed by atoms with van der Waals surface area (Å²) in [5, 5.41) is 91.2. The van der Waals surface area contributed by atoms with Gasteiger partial charge in [-0.3, -0.25) is 0 Å². The molecule has 0 amide bonds. The van der Waals surface area contributed by atoms with Crippen molar-refractivity contribution in [1.29, 1.82) is 0 Å². The Morgan fingerprint density at radius 2 is 0.357 bits per heavy atom. The quantitative estimate of drug-likeness (QED) is 0.0801. The van der Waals surface area contributed by atoms with E-state index in [0.717, 1.165) is 0 Å². The van der Waals surface area contributed by atoms with Crippen molar-refractivity contribution >= 4 is 0 Å². The highest BCUT2D eigenvalue weighted by Crippen LogP contribution is 2.55. The van der Waals surface area contributed by atoms with Gasteiger partial charge in [0.25, 0.3) is 0 Å².